The molecule has 0 bridgehead atoms. The highest BCUT2D eigenvalue weighted by molar-refractivity contribution is 5.32. The molecular weight excluding hydrogens is 258 g/mol. The van der Waals surface area contributed by atoms with Gasteiger partial charge >= 0.3 is 6.01 Å². The number of hydrogen-bond acceptors (Lipinski definition) is 7. The third-order valence-corrected chi connectivity index (χ3v) is 3.28. The van der Waals surface area contributed by atoms with Crippen molar-refractivity contribution in [3.63, 3.8) is 0 Å². The number of aromatic nitrogens is 3. The van der Waals surface area contributed by atoms with Gasteiger partial charge in [0.2, 0.25) is 11.9 Å². The van der Waals surface area contributed by atoms with Gasteiger partial charge in [-0.25, -0.2) is 0 Å². The van der Waals surface area contributed by atoms with Gasteiger partial charge in [-0.05, 0) is 39.0 Å². The highest BCUT2D eigenvalue weighted by Crippen LogP contribution is 2.24. The van der Waals surface area contributed by atoms with Gasteiger partial charge in [0.15, 0.2) is 0 Å². The molecule has 0 saturated heterocycles. The summed E-state index contributed by atoms with van der Waals surface area (Å²) >= 11 is 0. The molecule has 1 aliphatic carbocycles. The van der Waals surface area contributed by atoms with Gasteiger partial charge in [-0.2, -0.15) is 15.0 Å². The van der Waals surface area contributed by atoms with Gasteiger partial charge in [-0.1, -0.05) is 6.42 Å². The SMILES string of the molecule is CC(C)Oc1nc(N)nc(NCC2CCCC(O)C2)n1. The number of nitrogen functional groups attached to an aromatic ring is 1. The van der Waals surface area contributed by atoms with Crippen molar-refractivity contribution in [3.8, 4) is 6.01 Å². The quantitative estimate of drug-likeness (QED) is 0.744. The smallest absolute Gasteiger partial charge is 0.323 e. The molecule has 1 aliphatic rings. The van der Waals surface area contributed by atoms with Crippen molar-refractivity contribution >= 4 is 11.9 Å². The normalized spacial score (nSPS) is 22.8. The monoisotopic (exact) mass is 281 g/mol. The summed E-state index contributed by atoms with van der Waals surface area (Å²) in [4.78, 5) is 12.2. The maximum atomic E-state index is 9.66. The molecule has 4 N–H and O–H groups in total. The molecule has 7 nitrogen and oxygen atoms in total. The van der Waals surface area contributed by atoms with Gasteiger partial charge in [0.1, 0.15) is 0 Å². The second-order valence-electron chi connectivity index (χ2n) is 5.53. The minimum absolute atomic E-state index is 0.0156. The first-order valence-electron chi connectivity index (χ1n) is 7.13. The molecule has 0 spiro atoms. The van der Waals surface area contributed by atoms with Gasteiger partial charge < -0.3 is 20.9 Å². The number of nitrogens with one attached hydrogen (secondary N) is 1. The van der Waals surface area contributed by atoms with Gasteiger partial charge in [0.05, 0.1) is 12.2 Å². The van der Waals surface area contributed by atoms with Crippen molar-refractivity contribution in [3.05, 3.63) is 0 Å². The minimum Gasteiger partial charge on any atom is -0.461 e. The van der Waals surface area contributed by atoms with E-state index in [0.29, 0.717) is 11.9 Å². The van der Waals surface area contributed by atoms with Crippen LogP contribution in [0.15, 0.2) is 0 Å². The molecule has 0 aliphatic heterocycles. The number of anilines is 2. The Balaban J connectivity index is 1.93. The van der Waals surface area contributed by atoms with Crippen LogP contribution in [0, 0.1) is 5.92 Å². The van der Waals surface area contributed by atoms with E-state index in [1.54, 1.807) is 0 Å². The Morgan fingerprint density at radius 2 is 2.15 bits per heavy atom. The van der Waals surface area contributed by atoms with Crippen LogP contribution in [0.2, 0.25) is 0 Å². The highest BCUT2D eigenvalue weighted by Gasteiger charge is 2.20. The first kappa shape index (κ1) is 14.8. The van der Waals surface area contributed by atoms with Crippen LogP contribution in [0.5, 0.6) is 6.01 Å². The van der Waals surface area contributed by atoms with Crippen LogP contribution in [0.4, 0.5) is 11.9 Å². The zero-order valence-electron chi connectivity index (χ0n) is 12.0. The molecule has 1 saturated carbocycles. The van der Waals surface area contributed by atoms with E-state index in [4.69, 9.17) is 10.5 Å². The zero-order chi connectivity index (χ0) is 14.5. The van der Waals surface area contributed by atoms with E-state index in [-0.39, 0.29) is 24.2 Å². The topological polar surface area (TPSA) is 106 Å². The summed E-state index contributed by atoms with van der Waals surface area (Å²) in [7, 11) is 0. The van der Waals surface area contributed by atoms with Crippen molar-refractivity contribution in [2.45, 2.75) is 51.7 Å². The lowest BCUT2D eigenvalue weighted by Crippen LogP contribution is -2.25. The summed E-state index contributed by atoms with van der Waals surface area (Å²) in [6.45, 7) is 4.52. The largest absolute Gasteiger partial charge is 0.461 e. The third-order valence-electron chi connectivity index (χ3n) is 3.28. The molecular formula is C13H23N5O2. The summed E-state index contributed by atoms with van der Waals surface area (Å²) in [6, 6.07) is 0.235. The fourth-order valence-corrected chi connectivity index (χ4v) is 2.40. The molecule has 2 rings (SSSR count). The molecule has 1 fully saturated rings. The van der Waals surface area contributed by atoms with Crippen LogP contribution in [0.3, 0.4) is 0 Å². The predicted molar refractivity (Wildman–Crippen MR) is 76.5 cm³/mol. The Morgan fingerprint density at radius 1 is 1.35 bits per heavy atom. The van der Waals surface area contributed by atoms with E-state index in [0.717, 1.165) is 32.2 Å². The first-order chi connectivity index (χ1) is 9.52. The van der Waals surface area contributed by atoms with Crippen LogP contribution >= 0.6 is 0 Å². The molecule has 1 heterocycles. The standard InChI is InChI=1S/C13H23N5O2/c1-8(2)20-13-17-11(14)16-12(18-13)15-7-9-4-3-5-10(19)6-9/h8-10,19H,3-7H2,1-2H3,(H3,14,15,16,17,18). The number of aliphatic hydroxyl groups is 1. The van der Waals surface area contributed by atoms with Crippen LogP contribution in [0.1, 0.15) is 39.5 Å². The van der Waals surface area contributed by atoms with Crippen molar-refractivity contribution in [2.24, 2.45) is 5.92 Å². The average Bonchev–Trinajstić information content (AvgIpc) is 2.35. The van der Waals surface area contributed by atoms with E-state index in [2.05, 4.69) is 20.3 Å². The highest BCUT2D eigenvalue weighted by atomic mass is 16.5. The average molecular weight is 281 g/mol. The fraction of sp³-hybridized carbons (Fsp3) is 0.769. The lowest BCUT2D eigenvalue weighted by molar-refractivity contribution is 0.104. The third kappa shape index (κ3) is 4.48. The maximum Gasteiger partial charge on any atom is 0.323 e. The number of nitrogens with two attached hydrogens (primary N) is 1. The fourth-order valence-electron chi connectivity index (χ4n) is 2.40. The summed E-state index contributed by atoms with van der Waals surface area (Å²) in [5, 5.41) is 12.8. The van der Waals surface area contributed by atoms with Crippen LogP contribution in [-0.2, 0) is 0 Å². The molecule has 0 aromatic carbocycles. The van der Waals surface area contributed by atoms with Gasteiger partial charge in [0.25, 0.3) is 0 Å². The van der Waals surface area contributed by atoms with E-state index in [9.17, 15) is 5.11 Å². The number of aliphatic hydroxyl groups excluding tert-OH is 1. The van der Waals surface area contributed by atoms with Gasteiger partial charge in [-0.3, -0.25) is 0 Å². The molecule has 1 aromatic heterocycles. The molecule has 2 atom stereocenters. The molecule has 0 radical (unpaired) electrons. The Bertz CT molecular complexity index is 441. The maximum absolute atomic E-state index is 9.66. The lowest BCUT2D eigenvalue weighted by Gasteiger charge is -2.25. The molecule has 20 heavy (non-hydrogen) atoms. The second-order valence-corrected chi connectivity index (χ2v) is 5.53. The number of ether oxygens (including phenoxy) is 1. The van der Waals surface area contributed by atoms with Crippen LogP contribution < -0.4 is 15.8 Å². The molecule has 112 valence electrons. The van der Waals surface area contributed by atoms with E-state index < -0.39 is 0 Å². The summed E-state index contributed by atoms with van der Waals surface area (Å²) in [6.07, 6.45) is 3.70. The number of rotatable bonds is 5. The van der Waals surface area contributed by atoms with Crippen molar-refractivity contribution < 1.29 is 9.84 Å². The van der Waals surface area contributed by atoms with Crippen molar-refractivity contribution in [1.29, 1.82) is 0 Å². The molecule has 7 heteroatoms. The second kappa shape index (κ2) is 6.69. The zero-order valence-corrected chi connectivity index (χ0v) is 12.0. The van der Waals surface area contributed by atoms with Crippen LogP contribution in [0.25, 0.3) is 0 Å². The Hall–Kier alpha value is -1.63. The Labute approximate surface area is 119 Å². The predicted octanol–water partition coefficient (Wildman–Crippen LogP) is 1.20. The molecule has 2 unspecified atom stereocenters. The lowest BCUT2D eigenvalue weighted by atomic mass is 9.87. The van der Waals surface area contributed by atoms with Crippen LogP contribution in [-0.4, -0.2) is 38.8 Å². The van der Waals surface area contributed by atoms with Gasteiger partial charge in [-0.15, -0.1) is 0 Å². The number of nitrogens with zero attached hydrogens (tertiary/aromatic N) is 3. The first-order valence-corrected chi connectivity index (χ1v) is 7.13. The summed E-state index contributed by atoms with van der Waals surface area (Å²) < 4.78 is 5.42. The molecule has 1 aromatic rings. The van der Waals surface area contributed by atoms with E-state index in [1.807, 2.05) is 13.8 Å². The Kier molecular flexibility index (Phi) is 4.94. The van der Waals surface area contributed by atoms with E-state index >= 15 is 0 Å². The number of hydrogen-bond donors (Lipinski definition) is 3. The minimum atomic E-state index is -0.182. The van der Waals surface area contributed by atoms with Gasteiger partial charge in [0, 0.05) is 6.54 Å². The summed E-state index contributed by atoms with van der Waals surface area (Å²) in [5.74, 6) is 1.00. The molecule has 0 amide bonds. The summed E-state index contributed by atoms with van der Waals surface area (Å²) in [5.41, 5.74) is 5.64. The van der Waals surface area contributed by atoms with Crippen molar-refractivity contribution in [1.82, 2.24) is 15.0 Å². The Morgan fingerprint density at radius 3 is 2.85 bits per heavy atom. The van der Waals surface area contributed by atoms with E-state index in [1.165, 1.54) is 0 Å². The van der Waals surface area contributed by atoms with Crippen molar-refractivity contribution in [2.75, 3.05) is 17.6 Å².